The SMILES string of the molecule is COc1c(F)cc(F)c(F)c1-c1cc(N)on1. The second kappa shape index (κ2) is 4.00. The molecular weight excluding hydrogens is 237 g/mol. The van der Waals surface area contributed by atoms with E-state index in [0.29, 0.717) is 6.07 Å². The van der Waals surface area contributed by atoms with Gasteiger partial charge in [-0.15, -0.1) is 0 Å². The zero-order valence-electron chi connectivity index (χ0n) is 8.63. The number of methoxy groups -OCH3 is 1. The standard InChI is InChI=1S/C10H7F3N2O2/c1-16-10-5(12)2-4(11)9(13)8(10)6-3-7(14)17-15-6/h2-3H,14H2,1H3. The Morgan fingerprint density at radius 3 is 2.47 bits per heavy atom. The summed E-state index contributed by atoms with van der Waals surface area (Å²) in [5.74, 6) is -4.23. The highest BCUT2D eigenvalue weighted by Crippen LogP contribution is 2.36. The summed E-state index contributed by atoms with van der Waals surface area (Å²) in [6.07, 6.45) is 0. The van der Waals surface area contributed by atoms with Crippen LogP contribution >= 0.6 is 0 Å². The number of rotatable bonds is 2. The number of benzene rings is 1. The van der Waals surface area contributed by atoms with E-state index in [1.54, 1.807) is 0 Å². The van der Waals surface area contributed by atoms with Crippen LogP contribution in [0.3, 0.4) is 0 Å². The first kappa shape index (κ1) is 11.3. The molecule has 0 bridgehead atoms. The van der Waals surface area contributed by atoms with Crippen LogP contribution in [0.4, 0.5) is 19.1 Å². The van der Waals surface area contributed by atoms with Gasteiger partial charge in [0.15, 0.2) is 23.2 Å². The molecule has 90 valence electrons. The van der Waals surface area contributed by atoms with Gasteiger partial charge in [-0.05, 0) is 0 Å². The molecule has 17 heavy (non-hydrogen) atoms. The van der Waals surface area contributed by atoms with Crippen LogP contribution in [0.5, 0.6) is 5.75 Å². The minimum atomic E-state index is -1.35. The quantitative estimate of drug-likeness (QED) is 0.823. The molecule has 1 aromatic carbocycles. The Morgan fingerprint density at radius 1 is 1.24 bits per heavy atom. The fourth-order valence-electron chi connectivity index (χ4n) is 1.41. The first-order valence-electron chi connectivity index (χ1n) is 4.48. The molecule has 0 atom stereocenters. The molecule has 2 rings (SSSR count). The molecule has 0 saturated carbocycles. The van der Waals surface area contributed by atoms with Crippen molar-refractivity contribution in [1.29, 1.82) is 0 Å². The lowest BCUT2D eigenvalue weighted by molar-refractivity contribution is 0.377. The fraction of sp³-hybridized carbons (Fsp3) is 0.100. The second-order valence-corrected chi connectivity index (χ2v) is 3.18. The van der Waals surface area contributed by atoms with Crippen LogP contribution in [0.25, 0.3) is 11.3 Å². The smallest absolute Gasteiger partial charge is 0.222 e. The Bertz CT molecular complexity index is 569. The Morgan fingerprint density at radius 2 is 1.94 bits per heavy atom. The first-order valence-corrected chi connectivity index (χ1v) is 4.48. The molecule has 0 saturated heterocycles. The lowest BCUT2D eigenvalue weighted by Crippen LogP contribution is -1.99. The molecule has 0 unspecified atom stereocenters. The average molecular weight is 244 g/mol. The molecule has 4 nitrogen and oxygen atoms in total. The average Bonchev–Trinajstić information content (AvgIpc) is 2.69. The number of hydrogen-bond donors (Lipinski definition) is 1. The number of ether oxygens (including phenoxy) is 1. The van der Waals surface area contributed by atoms with Gasteiger partial charge in [0, 0.05) is 12.1 Å². The van der Waals surface area contributed by atoms with E-state index in [4.69, 9.17) is 5.73 Å². The summed E-state index contributed by atoms with van der Waals surface area (Å²) in [4.78, 5) is 0. The van der Waals surface area contributed by atoms with Gasteiger partial charge in [0.2, 0.25) is 5.88 Å². The zero-order chi connectivity index (χ0) is 12.6. The van der Waals surface area contributed by atoms with Crippen molar-refractivity contribution in [3.8, 4) is 17.0 Å². The van der Waals surface area contributed by atoms with Gasteiger partial charge in [0.25, 0.3) is 0 Å². The lowest BCUT2D eigenvalue weighted by atomic mass is 10.1. The van der Waals surface area contributed by atoms with Crippen LogP contribution in [0.2, 0.25) is 0 Å². The van der Waals surface area contributed by atoms with E-state index < -0.39 is 28.8 Å². The highest BCUT2D eigenvalue weighted by molar-refractivity contribution is 5.69. The molecule has 2 N–H and O–H groups in total. The molecule has 1 heterocycles. The number of hydrogen-bond acceptors (Lipinski definition) is 4. The van der Waals surface area contributed by atoms with Gasteiger partial charge in [0.1, 0.15) is 5.69 Å². The van der Waals surface area contributed by atoms with Crippen LogP contribution in [-0.4, -0.2) is 12.3 Å². The van der Waals surface area contributed by atoms with Crippen molar-refractivity contribution in [2.24, 2.45) is 0 Å². The number of nitrogens with zero attached hydrogens (tertiary/aromatic N) is 1. The highest BCUT2D eigenvalue weighted by Gasteiger charge is 2.23. The summed E-state index contributed by atoms with van der Waals surface area (Å²) >= 11 is 0. The van der Waals surface area contributed by atoms with E-state index in [9.17, 15) is 13.2 Å². The number of aromatic nitrogens is 1. The van der Waals surface area contributed by atoms with Crippen molar-refractivity contribution in [1.82, 2.24) is 5.16 Å². The minimum absolute atomic E-state index is 0.105. The first-order chi connectivity index (χ1) is 8.04. The van der Waals surface area contributed by atoms with E-state index in [1.165, 1.54) is 0 Å². The zero-order valence-corrected chi connectivity index (χ0v) is 8.63. The van der Waals surface area contributed by atoms with Crippen LogP contribution in [0.1, 0.15) is 0 Å². The van der Waals surface area contributed by atoms with Gasteiger partial charge in [-0.25, -0.2) is 13.2 Å². The maximum absolute atomic E-state index is 13.6. The third kappa shape index (κ3) is 1.79. The topological polar surface area (TPSA) is 61.3 Å². The second-order valence-electron chi connectivity index (χ2n) is 3.18. The van der Waals surface area contributed by atoms with E-state index in [1.807, 2.05) is 0 Å². The van der Waals surface area contributed by atoms with Crippen molar-refractivity contribution in [2.45, 2.75) is 0 Å². The molecule has 0 aliphatic heterocycles. The van der Waals surface area contributed by atoms with Crippen molar-refractivity contribution in [3.05, 3.63) is 29.6 Å². The Hall–Kier alpha value is -2.18. The predicted molar refractivity (Wildman–Crippen MR) is 52.8 cm³/mol. The van der Waals surface area contributed by atoms with E-state index >= 15 is 0 Å². The number of anilines is 1. The summed E-state index contributed by atoms with van der Waals surface area (Å²) in [5.41, 5.74) is 4.64. The third-order valence-electron chi connectivity index (χ3n) is 2.12. The van der Waals surface area contributed by atoms with Crippen molar-refractivity contribution >= 4 is 5.88 Å². The van der Waals surface area contributed by atoms with Crippen LogP contribution in [0, 0.1) is 17.5 Å². The molecule has 2 aromatic rings. The summed E-state index contributed by atoms with van der Waals surface area (Å²) in [6, 6.07) is 1.53. The van der Waals surface area contributed by atoms with Crippen LogP contribution in [-0.2, 0) is 0 Å². The summed E-state index contributed by atoms with van der Waals surface area (Å²) in [6.45, 7) is 0. The molecule has 0 spiro atoms. The summed E-state index contributed by atoms with van der Waals surface area (Å²) in [5, 5.41) is 3.38. The Labute approximate surface area is 93.8 Å². The van der Waals surface area contributed by atoms with Gasteiger partial charge in [0.05, 0.1) is 12.7 Å². The maximum atomic E-state index is 13.6. The van der Waals surface area contributed by atoms with Gasteiger partial charge in [-0.1, -0.05) is 5.16 Å². The Kier molecular flexibility index (Phi) is 2.66. The van der Waals surface area contributed by atoms with Crippen LogP contribution < -0.4 is 10.5 Å². The normalized spacial score (nSPS) is 10.6. The van der Waals surface area contributed by atoms with Gasteiger partial charge < -0.3 is 15.0 Å². The largest absolute Gasteiger partial charge is 0.493 e. The van der Waals surface area contributed by atoms with Crippen molar-refractivity contribution in [2.75, 3.05) is 12.8 Å². The predicted octanol–water partition coefficient (Wildman–Crippen LogP) is 2.35. The molecule has 7 heteroatoms. The molecule has 0 aliphatic rings. The molecule has 0 aliphatic carbocycles. The van der Waals surface area contributed by atoms with Crippen molar-refractivity contribution in [3.63, 3.8) is 0 Å². The van der Waals surface area contributed by atoms with Gasteiger partial charge >= 0.3 is 0 Å². The molecule has 0 radical (unpaired) electrons. The third-order valence-corrected chi connectivity index (χ3v) is 2.12. The van der Waals surface area contributed by atoms with Gasteiger partial charge in [-0.2, -0.15) is 0 Å². The summed E-state index contributed by atoms with van der Waals surface area (Å²) in [7, 11) is 1.13. The van der Waals surface area contributed by atoms with Crippen molar-refractivity contribution < 1.29 is 22.4 Å². The van der Waals surface area contributed by atoms with E-state index in [-0.39, 0.29) is 11.6 Å². The minimum Gasteiger partial charge on any atom is -0.493 e. The Balaban J connectivity index is 2.74. The number of nitrogen functional groups attached to an aromatic ring is 1. The van der Waals surface area contributed by atoms with E-state index in [2.05, 4.69) is 14.4 Å². The fourth-order valence-corrected chi connectivity index (χ4v) is 1.41. The lowest BCUT2D eigenvalue weighted by Gasteiger charge is -2.08. The van der Waals surface area contributed by atoms with E-state index in [0.717, 1.165) is 13.2 Å². The van der Waals surface area contributed by atoms with Crippen LogP contribution in [0.15, 0.2) is 16.7 Å². The van der Waals surface area contributed by atoms with Gasteiger partial charge in [-0.3, -0.25) is 0 Å². The number of nitrogens with two attached hydrogens (primary N) is 1. The molecule has 1 aromatic heterocycles. The molecular formula is C10H7F3N2O2. The molecule has 0 amide bonds. The highest BCUT2D eigenvalue weighted by atomic mass is 19.2. The summed E-state index contributed by atoms with van der Waals surface area (Å²) < 4.78 is 49.2. The number of halogens is 3. The molecule has 0 fully saturated rings. The monoisotopic (exact) mass is 244 g/mol. The maximum Gasteiger partial charge on any atom is 0.222 e.